The predicted molar refractivity (Wildman–Crippen MR) is 60.7 cm³/mol. The number of nitro benzene ring substituents is 1. The minimum Gasteiger partial charge on any atom is -0.364 e. The zero-order chi connectivity index (χ0) is 14.7. The van der Waals surface area contributed by atoms with Crippen LogP contribution < -0.4 is 5.32 Å². The van der Waals surface area contributed by atoms with Crippen LogP contribution in [0, 0.1) is 21.7 Å². The van der Waals surface area contributed by atoms with Gasteiger partial charge in [0.05, 0.1) is 11.5 Å². The zero-order valence-corrected chi connectivity index (χ0v) is 9.80. The molecule has 1 amide bonds. The second kappa shape index (κ2) is 5.43. The van der Waals surface area contributed by atoms with Crippen LogP contribution in [0.3, 0.4) is 0 Å². The molecule has 2 rings (SSSR count). The molecule has 9 heteroatoms. The summed E-state index contributed by atoms with van der Waals surface area (Å²) in [5, 5.41) is 16.2. The van der Waals surface area contributed by atoms with Gasteiger partial charge in [-0.05, 0) is 6.07 Å². The van der Waals surface area contributed by atoms with E-state index < -0.39 is 33.7 Å². The lowest BCUT2D eigenvalue weighted by atomic mass is 10.1. The summed E-state index contributed by atoms with van der Waals surface area (Å²) in [6.45, 7) is -0.128. The van der Waals surface area contributed by atoms with E-state index in [1.807, 2.05) is 0 Å². The highest BCUT2D eigenvalue weighted by atomic mass is 19.1. The zero-order valence-electron chi connectivity index (χ0n) is 9.80. The summed E-state index contributed by atoms with van der Waals surface area (Å²) >= 11 is 0. The SMILES string of the molecule is O=C(NCc1ccon1)c1c(F)ccc([N+](=O)[O-])c1F. The lowest BCUT2D eigenvalue weighted by Crippen LogP contribution is -2.25. The average molecular weight is 283 g/mol. The summed E-state index contributed by atoms with van der Waals surface area (Å²) in [5.74, 6) is -3.83. The second-order valence-corrected chi connectivity index (χ2v) is 3.69. The largest absolute Gasteiger partial charge is 0.364 e. The van der Waals surface area contributed by atoms with Gasteiger partial charge in [0.2, 0.25) is 5.82 Å². The average Bonchev–Trinajstić information content (AvgIpc) is 2.89. The van der Waals surface area contributed by atoms with Gasteiger partial charge in [0.25, 0.3) is 5.91 Å². The molecular formula is C11H7F2N3O4. The van der Waals surface area contributed by atoms with Gasteiger partial charge in [0.15, 0.2) is 0 Å². The summed E-state index contributed by atoms with van der Waals surface area (Å²) in [6, 6.07) is 2.76. The molecule has 1 aromatic heterocycles. The molecule has 0 spiro atoms. The maximum atomic E-state index is 13.7. The minimum atomic E-state index is -1.52. The molecule has 0 saturated heterocycles. The van der Waals surface area contributed by atoms with E-state index in [1.54, 1.807) is 0 Å². The van der Waals surface area contributed by atoms with Crippen molar-refractivity contribution in [3.05, 3.63) is 57.5 Å². The maximum Gasteiger partial charge on any atom is 0.305 e. The summed E-state index contributed by atoms with van der Waals surface area (Å²) in [6.07, 6.45) is 1.26. The topological polar surface area (TPSA) is 98.3 Å². The van der Waals surface area contributed by atoms with Crippen molar-refractivity contribution in [2.24, 2.45) is 0 Å². The van der Waals surface area contributed by atoms with E-state index in [0.29, 0.717) is 17.8 Å². The number of halogens is 2. The quantitative estimate of drug-likeness (QED) is 0.681. The Hall–Kier alpha value is -2.84. The van der Waals surface area contributed by atoms with E-state index in [2.05, 4.69) is 15.0 Å². The third-order valence-electron chi connectivity index (χ3n) is 2.42. The van der Waals surface area contributed by atoms with Gasteiger partial charge in [-0.2, -0.15) is 4.39 Å². The van der Waals surface area contributed by atoms with Gasteiger partial charge in [0, 0.05) is 12.1 Å². The highest BCUT2D eigenvalue weighted by molar-refractivity contribution is 5.95. The molecule has 0 aliphatic rings. The summed E-state index contributed by atoms with van der Waals surface area (Å²) in [7, 11) is 0. The first-order valence-electron chi connectivity index (χ1n) is 5.30. The van der Waals surface area contributed by atoms with Crippen molar-refractivity contribution in [2.45, 2.75) is 6.54 Å². The number of benzene rings is 1. The van der Waals surface area contributed by atoms with Crippen molar-refractivity contribution in [1.82, 2.24) is 10.5 Å². The Bertz CT molecular complexity index is 658. The van der Waals surface area contributed by atoms with Gasteiger partial charge >= 0.3 is 5.69 Å². The minimum absolute atomic E-state index is 0.128. The van der Waals surface area contributed by atoms with E-state index in [4.69, 9.17) is 0 Å². The fourth-order valence-corrected chi connectivity index (χ4v) is 1.48. The molecule has 20 heavy (non-hydrogen) atoms. The molecular weight excluding hydrogens is 276 g/mol. The normalized spacial score (nSPS) is 10.3. The molecule has 0 radical (unpaired) electrons. The molecule has 0 unspecified atom stereocenters. The molecule has 0 aliphatic carbocycles. The maximum absolute atomic E-state index is 13.7. The lowest BCUT2D eigenvalue weighted by molar-refractivity contribution is -0.387. The van der Waals surface area contributed by atoms with Crippen LogP contribution in [0.2, 0.25) is 0 Å². The number of rotatable bonds is 4. The Balaban J connectivity index is 2.25. The van der Waals surface area contributed by atoms with Crippen LogP contribution in [0.15, 0.2) is 29.0 Å². The standard InChI is InChI=1S/C11H7F2N3O4/c12-7-1-2-8(16(18)19)10(13)9(7)11(17)14-5-6-3-4-20-15-6/h1-4H,5H2,(H,14,17). The number of carbonyl (C=O) groups is 1. The van der Waals surface area contributed by atoms with E-state index in [0.717, 1.165) is 0 Å². The van der Waals surface area contributed by atoms with Gasteiger partial charge < -0.3 is 9.84 Å². The van der Waals surface area contributed by atoms with Crippen molar-refractivity contribution in [1.29, 1.82) is 0 Å². The Kier molecular flexibility index (Phi) is 3.69. The van der Waals surface area contributed by atoms with Crippen molar-refractivity contribution in [3.8, 4) is 0 Å². The third-order valence-corrected chi connectivity index (χ3v) is 2.42. The fraction of sp³-hybridized carbons (Fsp3) is 0.0909. The molecule has 1 aromatic carbocycles. The van der Waals surface area contributed by atoms with E-state index in [-0.39, 0.29) is 6.54 Å². The fourth-order valence-electron chi connectivity index (χ4n) is 1.48. The lowest BCUT2D eigenvalue weighted by Gasteiger charge is -2.05. The van der Waals surface area contributed by atoms with Crippen LogP contribution in [0.1, 0.15) is 16.1 Å². The highest BCUT2D eigenvalue weighted by Crippen LogP contribution is 2.22. The number of amides is 1. The van der Waals surface area contributed by atoms with Crippen molar-refractivity contribution in [3.63, 3.8) is 0 Å². The van der Waals surface area contributed by atoms with Gasteiger partial charge in [-0.15, -0.1) is 0 Å². The molecule has 0 fully saturated rings. The predicted octanol–water partition coefficient (Wildman–Crippen LogP) is 1.79. The summed E-state index contributed by atoms with van der Waals surface area (Å²) in [4.78, 5) is 21.2. The van der Waals surface area contributed by atoms with Crippen LogP contribution in [0.5, 0.6) is 0 Å². The molecule has 0 saturated carbocycles. The monoisotopic (exact) mass is 283 g/mol. The number of nitrogens with zero attached hydrogens (tertiary/aromatic N) is 2. The Labute approximate surface area is 110 Å². The van der Waals surface area contributed by atoms with E-state index >= 15 is 0 Å². The molecule has 2 aromatic rings. The Morgan fingerprint density at radius 2 is 2.15 bits per heavy atom. The van der Waals surface area contributed by atoms with Crippen molar-refractivity contribution < 1.29 is 23.0 Å². The first-order valence-corrected chi connectivity index (χ1v) is 5.30. The number of carbonyl (C=O) groups excluding carboxylic acids is 1. The van der Waals surface area contributed by atoms with Gasteiger partial charge in [0.1, 0.15) is 23.3 Å². The van der Waals surface area contributed by atoms with Gasteiger partial charge in [-0.1, -0.05) is 5.16 Å². The molecule has 0 aliphatic heterocycles. The summed E-state index contributed by atoms with van der Waals surface area (Å²) in [5.41, 5.74) is -1.65. The Morgan fingerprint density at radius 3 is 2.75 bits per heavy atom. The number of nitrogens with one attached hydrogen (secondary N) is 1. The first kappa shape index (κ1) is 13.6. The number of hydrogen-bond acceptors (Lipinski definition) is 5. The van der Waals surface area contributed by atoms with Crippen LogP contribution >= 0.6 is 0 Å². The van der Waals surface area contributed by atoms with Crippen molar-refractivity contribution in [2.75, 3.05) is 0 Å². The van der Waals surface area contributed by atoms with Crippen LogP contribution in [-0.4, -0.2) is 16.0 Å². The molecule has 1 heterocycles. The molecule has 7 nitrogen and oxygen atoms in total. The van der Waals surface area contributed by atoms with Crippen LogP contribution in [0.25, 0.3) is 0 Å². The van der Waals surface area contributed by atoms with E-state index in [1.165, 1.54) is 12.3 Å². The molecule has 0 bridgehead atoms. The second-order valence-electron chi connectivity index (χ2n) is 3.69. The number of aromatic nitrogens is 1. The van der Waals surface area contributed by atoms with E-state index in [9.17, 15) is 23.7 Å². The first-order chi connectivity index (χ1) is 9.50. The number of nitro groups is 1. The highest BCUT2D eigenvalue weighted by Gasteiger charge is 2.26. The Morgan fingerprint density at radius 1 is 1.40 bits per heavy atom. The molecule has 104 valence electrons. The van der Waals surface area contributed by atoms with Gasteiger partial charge in [-0.3, -0.25) is 14.9 Å². The third kappa shape index (κ3) is 2.60. The van der Waals surface area contributed by atoms with Crippen LogP contribution in [-0.2, 0) is 6.54 Å². The van der Waals surface area contributed by atoms with Crippen LogP contribution in [0.4, 0.5) is 14.5 Å². The van der Waals surface area contributed by atoms with Crippen molar-refractivity contribution >= 4 is 11.6 Å². The smallest absolute Gasteiger partial charge is 0.305 e. The summed E-state index contributed by atoms with van der Waals surface area (Å²) < 4.78 is 31.7. The molecule has 0 atom stereocenters. The molecule has 1 N–H and O–H groups in total. The number of hydrogen-bond donors (Lipinski definition) is 1. The van der Waals surface area contributed by atoms with Gasteiger partial charge in [-0.25, -0.2) is 4.39 Å².